The topological polar surface area (TPSA) is 86.6 Å². The standard InChI is InChI=1S/C19H25NO4S/c1-11-9-17(21)19(2)8-7-15-14-6-4-13(20-25(22,23)24)10-12(14)3-5-16(15)18(11)19/h4,6,10,15-18,20-21H,1,3,5,7-9H2,2H3,(H,22,23,24)/t15?,16?,17-,18-,19+/m0/s1. The van der Waals surface area contributed by atoms with Crippen molar-refractivity contribution in [3.8, 4) is 0 Å². The van der Waals surface area contributed by atoms with Crippen molar-refractivity contribution in [2.24, 2.45) is 17.3 Å². The summed E-state index contributed by atoms with van der Waals surface area (Å²) in [7, 11) is -4.25. The van der Waals surface area contributed by atoms with Gasteiger partial charge < -0.3 is 5.11 Å². The van der Waals surface area contributed by atoms with Crippen LogP contribution in [0.4, 0.5) is 5.69 Å². The summed E-state index contributed by atoms with van der Waals surface area (Å²) in [6.45, 7) is 6.48. The van der Waals surface area contributed by atoms with Crippen molar-refractivity contribution in [2.75, 3.05) is 4.72 Å². The summed E-state index contributed by atoms with van der Waals surface area (Å²) in [6.07, 6.45) is 4.37. The Balaban J connectivity index is 1.67. The number of hydrogen-bond acceptors (Lipinski definition) is 3. The van der Waals surface area contributed by atoms with E-state index in [2.05, 4.69) is 18.2 Å². The molecule has 0 aliphatic heterocycles. The van der Waals surface area contributed by atoms with Gasteiger partial charge in [-0.05, 0) is 73.1 Å². The third-order valence-electron chi connectivity index (χ3n) is 6.84. The Morgan fingerprint density at radius 1 is 1.32 bits per heavy atom. The lowest BCUT2D eigenvalue weighted by Gasteiger charge is -2.50. The fourth-order valence-corrected chi connectivity index (χ4v) is 6.21. The van der Waals surface area contributed by atoms with E-state index in [4.69, 9.17) is 4.55 Å². The predicted octanol–water partition coefficient (Wildman–Crippen LogP) is 3.28. The van der Waals surface area contributed by atoms with E-state index in [0.29, 0.717) is 29.9 Å². The molecule has 3 aliphatic carbocycles. The molecule has 5 atom stereocenters. The number of aliphatic hydroxyl groups excluding tert-OH is 1. The minimum absolute atomic E-state index is 0.0534. The molecule has 2 saturated carbocycles. The van der Waals surface area contributed by atoms with Gasteiger partial charge in [-0.15, -0.1) is 0 Å². The number of fused-ring (bicyclic) bond motifs is 5. The summed E-state index contributed by atoms with van der Waals surface area (Å²) < 4.78 is 33.2. The summed E-state index contributed by atoms with van der Waals surface area (Å²) >= 11 is 0. The minimum Gasteiger partial charge on any atom is -0.392 e. The van der Waals surface area contributed by atoms with Crippen molar-refractivity contribution in [3.63, 3.8) is 0 Å². The highest BCUT2D eigenvalue weighted by Crippen LogP contribution is 2.62. The molecular weight excluding hydrogens is 338 g/mol. The highest BCUT2D eigenvalue weighted by Gasteiger charge is 2.56. The van der Waals surface area contributed by atoms with Crippen LogP contribution in [0.5, 0.6) is 0 Å². The van der Waals surface area contributed by atoms with Gasteiger partial charge in [0.2, 0.25) is 0 Å². The maximum atomic E-state index is 11.0. The number of aliphatic hydroxyl groups is 1. The Labute approximate surface area is 149 Å². The molecule has 1 aromatic rings. The van der Waals surface area contributed by atoms with Gasteiger partial charge in [0.15, 0.2) is 0 Å². The molecule has 0 amide bonds. The normalized spacial score (nSPS) is 37.2. The largest absolute Gasteiger partial charge is 0.392 e. The molecule has 3 N–H and O–H groups in total. The molecule has 136 valence electrons. The molecule has 0 heterocycles. The van der Waals surface area contributed by atoms with Crippen LogP contribution in [-0.4, -0.2) is 24.2 Å². The van der Waals surface area contributed by atoms with Crippen LogP contribution in [0.2, 0.25) is 0 Å². The molecule has 0 aromatic heterocycles. The highest BCUT2D eigenvalue weighted by molar-refractivity contribution is 7.87. The molecule has 5 nitrogen and oxygen atoms in total. The van der Waals surface area contributed by atoms with Gasteiger partial charge >= 0.3 is 10.3 Å². The Morgan fingerprint density at radius 2 is 2.08 bits per heavy atom. The fraction of sp³-hybridized carbons (Fsp3) is 0.579. The maximum absolute atomic E-state index is 11.0. The van der Waals surface area contributed by atoms with E-state index >= 15 is 0 Å². The van der Waals surface area contributed by atoms with Crippen LogP contribution >= 0.6 is 0 Å². The molecule has 0 bridgehead atoms. The van der Waals surface area contributed by atoms with E-state index < -0.39 is 10.3 Å². The predicted molar refractivity (Wildman–Crippen MR) is 96.8 cm³/mol. The first kappa shape index (κ1) is 17.1. The lowest BCUT2D eigenvalue weighted by molar-refractivity contribution is -0.0178. The quantitative estimate of drug-likeness (QED) is 0.556. The molecule has 0 saturated heterocycles. The summed E-state index contributed by atoms with van der Waals surface area (Å²) in [4.78, 5) is 0. The average Bonchev–Trinajstić information content (AvgIpc) is 2.75. The summed E-state index contributed by atoms with van der Waals surface area (Å²) in [5.74, 6) is 1.30. The van der Waals surface area contributed by atoms with Gasteiger partial charge in [-0.2, -0.15) is 8.42 Å². The third kappa shape index (κ3) is 2.71. The molecule has 6 heteroatoms. The Hall–Kier alpha value is -1.37. The van der Waals surface area contributed by atoms with Crippen LogP contribution < -0.4 is 4.72 Å². The van der Waals surface area contributed by atoms with E-state index in [1.807, 2.05) is 12.1 Å². The van der Waals surface area contributed by atoms with E-state index in [1.165, 1.54) is 11.1 Å². The van der Waals surface area contributed by atoms with E-state index in [0.717, 1.165) is 31.2 Å². The average molecular weight is 363 g/mol. The van der Waals surface area contributed by atoms with Crippen LogP contribution in [0, 0.1) is 17.3 Å². The molecular formula is C19H25NO4S. The molecule has 0 spiro atoms. The molecule has 0 radical (unpaired) electrons. The van der Waals surface area contributed by atoms with E-state index in [1.54, 1.807) is 6.07 Å². The number of hydrogen-bond donors (Lipinski definition) is 3. The smallest absolute Gasteiger partial charge is 0.357 e. The van der Waals surface area contributed by atoms with Crippen molar-refractivity contribution in [1.82, 2.24) is 0 Å². The SMILES string of the molecule is C=C1C[C@H](O)[C@@]2(C)CCC3c4ccc(NS(=O)(=O)O)cc4CCC3[C@H]12. The second kappa shape index (κ2) is 5.56. The van der Waals surface area contributed by atoms with Crippen LogP contribution in [0.25, 0.3) is 0 Å². The minimum atomic E-state index is -4.25. The van der Waals surface area contributed by atoms with Crippen molar-refractivity contribution < 1.29 is 18.1 Å². The summed E-state index contributed by atoms with van der Waals surface area (Å²) in [5, 5.41) is 10.5. The van der Waals surface area contributed by atoms with Crippen LogP contribution in [0.3, 0.4) is 0 Å². The van der Waals surface area contributed by atoms with Gasteiger partial charge in [-0.25, -0.2) is 0 Å². The lowest BCUT2D eigenvalue weighted by Crippen LogP contribution is -2.44. The zero-order chi connectivity index (χ0) is 18.0. The van der Waals surface area contributed by atoms with Gasteiger partial charge in [0, 0.05) is 5.41 Å². The Bertz CT molecular complexity index is 834. The van der Waals surface area contributed by atoms with Gasteiger partial charge in [-0.1, -0.05) is 25.1 Å². The van der Waals surface area contributed by atoms with Crippen molar-refractivity contribution in [2.45, 2.75) is 51.0 Å². The van der Waals surface area contributed by atoms with Crippen molar-refractivity contribution in [3.05, 3.63) is 41.5 Å². The van der Waals surface area contributed by atoms with Gasteiger partial charge in [0.05, 0.1) is 11.8 Å². The van der Waals surface area contributed by atoms with Crippen LogP contribution in [0.15, 0.2) is 30.4 Å². The molecule has 4 rings (SSSR count). The lowest BCUT2D eigenvalue weighted by atomic mass is 9.55. The van der Waals surface area contributed by atoms with Gasteiger partial charge in [-0.3, -0.25) is 9.27 Å². The number of anilines is 1. The first-order valence-electron chi connectivity index (χ1n) is 8.93. The first-order chi connectivity index (χ1) is 11.7. The first-order valence-corrected chi connectivity index (χ1v) is 10.4. The van der Waals surface area contributed by atoms with Gasteiger partial charge in [0.1, 0.15) is 0 Å². The van der Waals surface area contributed by atoms with E-state index in [9.17, 15) is 13.5 Å². The van der Waals surface area contributed by atoms with Crippen molar-refractivity contribution >= 4 is 16.0 Å². The Kier molecular flexibility index (Phi) is 3.80. The zero-order valence-electron chi connectivity index (χ0n) is 14.4. The van der Waals surface area contributed by atoms with Gasteiger partial charge in [0.25, 0.3) is 0 Å². The highest BCUT2D eigenvalue weighted by atomic mass is 32.2. The monoisotopic (exact) mass is 363 g/mol. The summed E-state index contributed by atoms with van der Waals surface area (Å²) in [6, 6.07) is 5.56. The maximum Gasteiger partial charge on any atom is 0.357 e. The molecule has 2 unspecified atom stereocenters. The third-order valence-corrected chi connectivity index (χ3v) is 7.34. The second-order valence-electron chi connectivity index (χ2n) is 8.20. The fourth-order valence-electron chi connectivity index (χ4n) is 5.78. The van der Waals surface area contributed by atoms with Crippen LogP contribution in [0.1, 0.15) is 49.7 Å². The number of rotatable bonds is 2. The van der Waals surface area contributed by atoms with Crippen molar-refractivity contribution in [1.29, 1.82) is 0 Å². The summed E-state index contributed by atoms with van der Waals surface area (Å²) in [5.41, 5.74) is 3.98. The Morgan fingerprint density at radius 3 is 2.80 bits per heavy atom. The molecule has 1 aromatic carbocycles. The van der Waals surface area contributed by atoms with Crippen LogP contribution in [-0.2, 0) is 16.7 Å². The molecule has 2 fully saturated rings. The number of aryl methyl sites for hydroxylation is 1. The number of nitrogens with one attached hydrogen (secondary N) is 1. The molecule has 25 heavy (non-hydrogen) atoms. The van der Waals surface area contributed by atoms with E-state index in [-0.39, 0.29) is 11.5 Å². The second-order valence-corrected chi connectivity index (χ2v) is 9.35. The molecule has 3 aliphatic rings. The zero-order valence-corrected chi connectivity index (χ0v) is 15.2. The number of benzene rings is 1.